The molecule has 0 N–H and O–H groups in total. The fraction of sp³-hybridized carbons (Fsp3) is 0.455. The Morgan fingerprint density at radius 3 is 2.55 bits per heavy atom. The van der Waals surface area contributed by atoms with Gasteiger partial charge < -0.3 is 14.1 Å². The minimum Gasteiger partial charge on any atom is -0.469 e. The van der Waals surface area contributed by atoms with Gasteiger partial charge in [0.05, 0.1) is 25.4 Å². The average molecular weight is 314 g/mol. The molecule has 112 valence electrons. The molecule has 0 aromatic carbocycles. The van der Waals surface area contributed by atoms with Crippen molar-refractivity contribution in [1.82, 2.24) is 4.90 Å². The number of amides is 1. The Morgan fingerprint density at radius 1 is 1.45 bits per heavy atom. The van der Waals surface area contributed by atoms with Crippen LogP contribution in [0.15, 0.2) is 16.7 Å². The summed E-state index contributed by atoms with van der Waals surface area (Å²) in [6, 6.07) is 1.16. The van der Waals surface area contributed by atoms with Crippen molar-refractivity contribution < 1.29 is 31.9 Å². The van der Waals surface area contributed by atoms with Gasteiger partial charge in [-0.25, -0.2) is 0 Å². The van der Waals surface area contributed by atoms with Crippen molar-refractivity contribution in [2.75, 3.05) is 20.2 Å². The van der Waals surface area contributed by atoms with Crippen LogP contribution in [0, 0.1) is 0 Å². The Bertz CT molecular complexity index is 486. The Balaban J connectivity index is 2.84. The van der Waals surface area contributed by atoms with Crippen molar-refractivity contribution in [1.29, 1.82) is 0 Å². The van der Waals surface area contributed by atoms with E-state index in [2.05, 4.69) is 9.15 Å². The third-order valence-corrected chi connectivity index (χ3v) is 2.61. The zero-order chi connectivity index (χ0) is 15.3. The van der Waals surface area contributed by atoms with Crippen LogP contribution in [0.3, 0.4) is 0 Å². The Kier molecular flexibility index (Phi) is 5.43. The van der Waals surface area contributed by atoms with Crippen molar-refractivity contribution in [2.24, 2.45) is 0 Å². The van der Waals surface area contributed by atoms with Crippen LogP contribution in [0.25, 0.3) is 0 Å². The predicted octanol–water partition coefficient (Wildman–Crippen LogP) is 2.50. The van der Waals surface area contributed by atoms with Crippen LogP contribution >= 0.6 is 11.6 Å². The van der Waals surface area contributed by atoms with Crippen LogP contribution in [0.1, 0.15) is 16.8 Å². The van der Waals surface area contributed by atoms with E-state index in [0.29, 0.717) is 4.90 Å². The molecule has 1 amide bonds. The highest BCUT2D eigenvalue weighted by Gasteiger charge is 2.34. The predicted molar refractivity (Wildman–Crippen MR) is 62.3 cm³/mol. The van der Waals surface area contributed by atoms with Crippen LogP contribution in [0.2, 0.25) is 5.22 Å². The molecule has 0 aliphatic heterocycles. The smallest absolute Gasteiger partial charge is 0.406 e. The lowest BCUT2D eigenvalue weighted by Gasteiger charge is -2.23. The van der Waals surface area contributed by atoms with Crippen LogP contribution in [-0.4, -0.2) is 43.2 Å². The molecule has 0 aliphatic rings. The van der Waals surface area contributed by atoms with E-state index < -0.39 is 31.1 Å². The molecular formula is C11H11ClF3NO4. The van der Waals surface area contributed by atoms with Crippen molar-refractivity contribution in [3.63, 3.8) is 0 Å². The molecule has 0 saturated heterocycles. The number of ether oxygens (including phenoxy) is 1. The largest absolute Gasteiger partial charge is 0.469 e. The van der Waals surface area contributed by atoms with Gasteiger partial charge in [0.2, 0.25) is 5.22 Å². The molecule has 0 saturated carbocycles. The maximum Gasteiger partial charge on any atom is 0.406 e. The number of rotatable bonds is 5. The van der Waals surface area contributed by atoms with E-state index in [9.17, 15) is 22.8 Å². The van der Waals surface area contributed by atoms with E-state index in [1.165, 1.54) is 0 Å². The summed E-state index contributed by atoms with van der Waals surface area (Å²) < 4.78 is 46.3. The lowest BCUT2D eigenvalue weighted by Crippen LogP contribution is -2.40. The summed E-state index contributed by atoms with van der Waals surface area (Å²) in [5, 5.41) is -0.305. The normalized spacial score (nSPS) is 11.2. The molecule has 5 nitrogen and oxygen atoms in total. The number of esters is 1. The second-order valence-electron chi connectivity index (χ2n) is 3.78. The number of nitrogens with zero attached hydrogens (tertiary/aromatic N) is 1. The maximum atomic E-state index is 12.4. The average Bonchev–Trinajstić information content (AvgIpc) is 2.78. The molecule has 20 heavy (non-hydrogen) atoms. The van der Waals surface area contributed by atoms with Crippen molar-refractivity contribution in [3.05, 3.63) is 23.1 Å². The number of halogens is 4. The lowest BCUT2D eigenvalue weighted by molar-refractivity contribution is -0.147. The Labute approximate surface area is 117 Å². The molecular weight excluding hydrogens is 303 g/mol. The summed E-state index contributed by atoms with van der Waals surface area (Å²) in [6.07, 6.45) is -3.86. The van der Waals surface area contributed by atoms with Gasteiger partial charge in [-0.3, -0.25) is 9.59 Å². The van der Waals surface area contributed by atoms with Crippen LogP contribution in [0.4, 0.5) is 13.2 Å². The van der Waals surface area contributed by atoms with E-state index >= 15 is 0 Å². The third-order valence-electron chi connectivity index (χ3n) is 2.32. The van der Waals surface area contributed by atoms with Crippen molar-refractivity contribution >= 4 is 23.5 Å². The minimum atomic E-state index is -4.60. The SMILES string of the molecule is COC(=O)CCN(CC(F)(F)F)C(=O)c1ccoc1Cl. The van der Waals surface area contributed by atoms with E-state index in [0.717, 1.165) is 19.4 Å². The monoisotopic (exact) mass is 313 g/mol. The van der Waals surface area contributed by atoms with E-state index in [1.807, 2.05) is 0 Å². The highest BCUT2D eigenvalue weighted by molar-refractivity contribution is 6.32. The summed E-state index contributed by atoms with van der Waals surface area (Å²) in [4.78, 5) is 23.4. The van der Waals surface area contributed by atoms with Gasteiger partial charge in [-0.1, -0.05) is 0 Å². The van der Waals surface area contributed by atoms with Gasteiger partial charge in [0.1, 0.15) is 6.54 Å². The second kappa shape index (κ2) is 6.65. The number of alkyl halides is 3. The molecule has 9 heteroatoms. The maximum absolute atomic E-state index is 12.4. The van der Waals surface area contributed by atoms with Gasteiger partial charge in [0.15, 0.2) is 0 Å². The van der Waals surface area contributed by atoms with Crippen LogP contribution < -0.4 is 0 Å². The minimum absolute atomic E-state index is 0.194. The molecule has 1 aromatic rings. The first kappa shape index (κ1) is 16.4. The van der Waals surface area contributed by atoms with Gasteiger partial charge in [-0.15, -0.1) is 0 Å². The first-order valence-corrected chi connectivity index (χ1v) is 5.78. The summed E-state index contributed by atoms with van der Waals surface area (Å²) >= 11 is 5.55. The number of furan rings is 1. The molecule has 0 spiro atoms. The number of carbonyl (C=O) groups is 2. The molecule has 1 aromatic heterocycles. The molecule has 0 aliphatic carbocycles. The quantitative estimate of drug-likeness (QED) is 0.784. The molecule has 0 radical (unpaired) electrons. The number of methoxy groups -OCH3 is 1. The summed E-state index contributed by atoms with van der Waals surface area (Å²) in [7, 11) is 1.10. The second-order valence-corrected chi connectivity index (χ2v) is 4.12. The first-order valence-electron chi connectivity index (χ1n) is 5.40. The molecule has 1 heterocycles. The molecule has 0 unspecified atom stereocenters. The molecule has 0 fully saturated rings. The first-order chi connectivity index (χ1) is 9.24. The molecule has 1 rings (SSSR count). The van der Waals surface area contributed by atoms with Gasteiger partial charge in [-0.2, -0.15) is 13.2 Å². The van der Waals surface area contributed by atoms with Gasteiger partial charge in [0, 0.05) is 6.54 Å². The van der Waals surface area contributed by atoms with Crippen LogP contribution in [-0.2, 0) is 9.53 Å². The summed E-state index contributed by atoms with van der Waals surface area (Å²) in [5.41, 5.74) is -0.194. The van der Waals surface area contributed by atoms with Gasteiger partial charge >= 0.3 is 12.1 Å². The molecule has 0 bridgehead atoms. The number of carbonyl (C=O) groups excluding carboxylic acids is 2. The van der Waals surface area contributed by atoms with E-state index in [1.54, 1.807) is 0 Å². The van der Waals surface area contributed by atoms with Crippen molar-refractivity contribution in [3.8, 4) is 0 Å². The standard InChI is InChI=1S/C11H11ClF3NO4/c1-19-8(17)2-4-16(6-11(13,14)15)10(18)7-3-5-20-9(7)12/h3,5H,2,4,6H2,1H3. The highest BCUT2D eigenvalue weighted by atomic mass is 35.5. The van der Waals surface area contributed by atoms with E-state index in [-0.39, 0.29) is 17.2 Å². The van der Waals surface area contributed by atoms with Crippen LogP contribution in [0.5, 0.6) is 0 Å². The lowest BCUT2D eigenvalue weighted by atomic mass is 10.2. The summed E-state index contributed by atoms with van der Waals surface area (Å²) in [6.45, 7) is -1.93. The molecule has 0 atom stereocenters. The fourth-order valence-corrected chi connectivity index (χ4v) is 1.61. The highest BCUT2D eigenvalue weighted by Crippen LogP contribution is 2.22. The Hall–Kier alpha value is -1.70. The van der Waals surface area contributed by atoms with Gasteiger partial charge in [0.25, 0.3) is 5.91 Å². The van der Waals surface area contributed by atoms with Crippen molar-refractivity contribution in [2.45, 2.75) is 12.6 Å². The Morgan fingerprint density at radius 2 is 2.10 bits per heavy atom. The fourth-order valence-electron chi connectivity index (χ4n) is 1.41. The number of hydrogen-bond donors (Lipinski definition) is 0. The summed E-state index contributed by atoms with van der Waals surface area (Å²) in [5.74, 6) is -1.69. The van der Waals surface area contributed by atoms with Gasteiger partial charge in [-0.05, 0) is 17.7 Å². The third kappa shape index (κ3) is 4.76. The van der Waals surface area contributed by atoms with E-state index in [4.69, 9.17) is 11.6 Å². The number of hydrogen-bond acceptors (Lipinski definition) is 4. The zero-order valence-electron chi connectivity index (χ0n) is 10.4. The zero-order valence-corrected chi connectivity index (χ0v) is 11.1. The topological polar surface area (TPSA) is 59.8 Å².